The second kappa shape index (κ2) is 8.44. The lowest BCUT2D eigenvalue weighted by Crippen LogP contribution is -2.48. The molecule has 1 aromatic carbocycles. The van der Waals surface area contributed by atoms with Crippen molar-refractivity contribution in [3.63, 3.8) is 0 Å². The van der Waals surface area contributed by atoms with E-state index in [1.54, 1.807) is 12.1 Å². The van der Waals surface area contributed by atoms with Gasteiger partial charge in [0.05, 0.1) is 25.9 Å². The first-order valence-corrected chi connectivity index (χ1v) is 7.66. The molecule has 2 unspecified atom stereocenters. The first kappa shape index (κ1) is 16.4. The summed E-state index contributed by atoms with van der Waals surface area (Å²) in [6.07, 6.45) is 0.883. The largest absolute Gasteiger partial charge is 0.395 e. The molecule has 4 nitrogen and oxygen atoms in total. The summed E-state index contributed by atoms with van der Waals surface area (Å²) >= 11 is 0. The standard InChI is InChI=1S/C16H25FN2O2/c1-2-18-16(13-4-3-5-14(17)10-13)6-7-19-8-9-21-12-15(19)11-20/h3-5,10,15-16,18,20H,2,6-9,11-12H2,1H3. The number of nitrogens with one attached hydrogen (secondary N) is 1. The molecular formula is C16H25FN2O2. The number of nitrogens with zero attached hydrogens (tertiary/aromatic N) is 1. The first-order valence-electron chi connectivity index (χ1n) is 7.66. The number of benzene rings is 1. The monoisotopic (exact) mass is 296 g/mol. The van der Waals surface area contributed by atoms with Crippen molar-refractivity contribution in [3.05, 3.63) is 35.6 Å². The van der Waals surface area contributed by atoms with Crippen molar-refractivity contribution in [2.24, 2.45) is 0 Å². The lowest BCUT2D eigenvalue weighted by molar-refractivity contribution is -0.0286. The van der Waals surface area contributed by atoms with Crippen LogP contribution in [0.15, 0.2) is 24.3 Å². The van der Waals surface area contributed by atoms with Gasteiger partial charge in [-0.05, 0) is 30.7 Å². The number of aliphatic hydroxyl groups is 1. The van der Waals surface area contributed by atoms with E-state index in [2.05, 4.69) is 17.1 Å². The molecule has 2 N–H and O–H groups in total. The van der Waals surface area contributed by atoms with Gasteiger partial charge >= 0.3 is 0 Å². The molecule has 0 radical (unpaired) electrons. The van der Waals surface area contributed by atoms with Crippen LogP contribution in [0.5, 0.6) is 0 Å². The van der Waals surface area contributed by atoms with Crippen molar-refractivity contribution in [3.8, 4) is 0 Å². The van der Waals surface area contributed by atoms with E-state index in [4.69, 9.17) is 4.74 Å². The molecule has 1 fully saturated rings. The normalized spacial score (nSPS) is 21.4. The van der Waals surface area contributed by atoms with E-state index in [-0.39, 0.29) is 24.5 Å². The Balaban J connectivity index is 1.96. The summed E-state index contributed by atoms with van der Waals surface area (Å²) in [6.45, 7) is 6.01. The maximum Gasteiger partial charge on any atom is 0.123 e. The average Bonchev–Trinajstić information content (AvgIpc) is 2.51. The number of ether oxygens (including phenoxy) is 1. The maximum atomic E-state index is 13.4. The molecule has 2 rings (SSSR count). The lowest BCUT2D eigenvalue weighted by Gasteiger charge is -2.35. The molecule has 0 aliphatic carbocycles. The quantitative estimate of drug-likeness (QED) is 0.801. The third-order valence-electron chi connectivity index (χ3n) is 3.97. The van der Waals surface area contributed by atoms with Crippen LogP contribution >= 0.6 is 0 Å². The summed E-state index contributed by atoms with van der Waals surface area (Å²) in [6, 6.07) is 6.98. The number of rotatable bonds is 7. The van der Waals surface area contributed by atoms with E-state index in [0.717, 1.165) is 31.6 Å². The minimum atomic E-state index is -0.199. The van der Waals surface area contributed by atoms with Crippen LogP contribution in [0.4, 0.5) is 4.39 Å². The molecule has 5 heteroatoms. The zero-order valence-electron chi connectivity index (χ0n) is 12.6. The van der Waals surface area contributed by atoms with E-state index in [1.807, 2.05) is 6.07 Å². The van der Waals surface area contributed by atoms with Gasteiger partial charge in [0, 0.05) is 19.1 Å². The Kier molecular flexibility index (Phi) is 6.57. The van der Waals surface area contributed by atoms with Crippen LogP contribution in [-0.4, -0.2) is 55.5 Å². The molecule has 1 saturated heterocycles. The SMILES string of the molecule is CCNC(CCN1CCOCC1CO)c1cccc(F)c1. The third-order valence-corrected chi connectivity index (χ3v) is 3.97. The highest BCUT2D eigenvalue weighted by Crippen LogP contribution is 2.19. The molecule has 0 aromatic heterocycles. The molecule has 2 atom stereocenters. The van der Waals surface area contributed by atoms with Crippen LogP contribution in [-0.2, 0) is 4.74 Å². The summed E-state index contributed by atoms with van der Waals surface area (Å²) in [7, 11) is 0. The summed E-state index contributed by atoms with van der Waals surface area (Å²) < 4.78 is 18.8. The summed E-state index contributed by atoms with van der Waals surface area (Å²) in [5, 5.41) is 12.8. The Morgan fingerprint density at radius 2 is 2.38 bits per heavy atom. The number of halogens is 1. The van der Waals surface area contributed by atoms with Crippen LogP contribution in [0.3, 0.4) is 0 Å². The third kappa shape index (κ3) is 4.74. The summed E-state index contributed by atoms with van der Waals surface area (Å²) in [4.78, 5) is 2.26. The van der Waals surface area contributed by atoms with E-state index in [9.17, 15) is 9.50 Å². The van der Waals surface area contributed by atoms with Crippen molar-refractivity contribution in [1.82, 2.24) is 10.2 Å². The zero-order valence-corrected chi connectivity index (χ0v) is 12.6. The number of morpholine rings is 1. The summed E-state index contributed by atoms with van der Waals surface area (Å²) in [5.74, 6) is -0.199. The Morgan fingerprint density at radius 3 is 3.10 bits per heavy atom. The topological polar surface area (TPSA) is 44.7 Å². The van der Waals surface area contributed by atoms with E-state index in [1.165, 1.54) is 6.07 Å². The Hall–Kier alpha value is -1.01. The maximum absolute atomic E-state index is 13.4. The predicted molar refractivity (Wildman–Crippen MR) is 80.7 cm³/mol. The highest BCUT2D eigenvalue weighted by atomic mass is 19.1. The van der Waals surface area contributed by atoms with Crippen molar-refractivity contribution in [2.75, 3.05) is 39.5 Å². The number of hydrogen-bond acceptors (Lipinski definition) is 4. The molecule has 1 aromatic rings. The van der Waals surface area contributed by atoms with Gasteiger partial charge in [0.2, 0.25) is 0 Å². The Bertz CT molecular complexity index is 430. The van der Waals surface area contributed by atoms with Gasteiger partial charge in [0.15, 0.2) is 0 Å². The van der Waals surface area contributed by atoms with Gasteiger partial charge in [0.25, 0.3) is 0 Å². The van der Waals surface area contributed by atoms with Gasteiger partial charge < -0.3 is 15.2 Å². The van der Waals surface area contributed by atoms with Crippen LogP contribution in [0.25, 0.3) is 0 Å². The molecule has 21 heavy (non-hydrogen) atoms. The van der Waals surface area contributed by atoms with E-state index < -0.39 is 0 Å². The van der Waals surface area contributed by atoms with Gasteiger partial charge in [-0.1, -0.05) is 19.1 Å². The van der Waals surface area contributed by atoms with Gasteiger partial charge in [-0.2, -0.15) is 0 Å². The zero-order chi connectivity index (χ0) is 15.1. The molecule has 1 heterocycles. The van der Waals surface area contributed by atoms with Crippen LogP contribution in [0, 0.1) is 5.82 Å². The van der Waals surface area contributed by atoms with Crippen molar-refractivity contribution >= 4 is 0 Å². The summed E-state index contributed by atoms with van der Waals surface area (Å²) in [5.41, 5.74) is 0.977. The highest BCUT2D eigenvalue weighted by molar-refractivity contribution is 5.20. The molecule has 0 spiro atoms. The molecule has 0 bridgehead atoms. The van der Waals surface area contributed by atoms with Gasteiger partial charge in [-0.15, -0.1) is 0 Å². The molecular weight excluding hydrogens is 271 g/mol. The van der Waals surface area contributed by atoms with Crippen LogP contribution < -0.4 is 5.32 Å². The van der Waals surface area contributed by atoms with Crippen molar-refractivity contribution in [1.29, 1.82) is 0 Å². The van der Waals surface area contributed by atoms with E-state index in [0.29, 0.717) is 13.2 Å². The number of hydrogen-bond donors (Lipinski definition) is 2. The number of aliphatic hydroxyl groups excluding tert-OH is 1. The molecule has 1 aliphatic heterocycles. The fraction of sp³-hybridized carbons (Fsp3) is 0.625. The minimum Gasteiger partial charge on any atom is -0.395 e. The van der Waals surface area contributed by atoms with Gasteiger partial charge in [-0.25, -0.2) is 4.39 Å². The second-order valence-electron chi connectivity index (χ2n) is 5.40. The molecule has 118 valence electrons. The van der Waals surface area contributed by atoms with Crippen molar-refractivity contribution in [2.45, 2.75) is 25.4 Å². The fourth-order valence-corrected chi connectivity index (χ4v) is 2.80. The van der Waals surface area contributed by atoms with E-state index >= 15 is 0 Å². The van der Waals surface area contributed by atoms with Crippen LogP contribution in [0.2, 0.25) is 0 Å². The molecule has 0 amide bonds. The highest BCUT2D eigenvalue weighted by Gasteiger charge is 2.23. The Labute approximate surface area is 125 Å². The van der Waals surface area contributed by atoms with Crippen molar-refractivity contribution < 1.29 is 14.2 Å². The molecule has 1 aliphatic rings. The second-order valence-corrected chi connectivity index (χ2v) is 5.40. The smallest absolute Gasteiger partial charge is 0.123 e. The van der Waals surface area contributed by atoms with Crippen LogP contribution in [0.1, 0.15) is 24.9 Å². The first-order chi connectivity index (χ1) is 10.2. The Morgan fingerprint density at radius 1 is 1.52 bits per heavy atom. The average molecular weight is 296 g/mol. The fourth-order valence-electron chi connectivity index (χ4n) is 2.80. The van der Waals surface area contributed by atoms with Gasteiger partial charge in [-0.3, -0.25) is 4.90 Å². The predicted octanol–water partition coefficient (Wildman–Crippen LogP) is 1.56. The molecule has 0 saturated carbocycles. The lowest BCUT2D eigenvalue weighted by atomic mass is 10.0. The van der Waals surface area contributed by atoms with Gasteiger partial charge in [0.1, 0.15) is 5.82 Å². The minimum absolute atomic E-state index is 0.0773.